The number of hydrogen-bond donors (Lipinski definition) is 0. The van der Waals surface area contributed by atoms with E-state index in [1.807, 2.05) is 37.3 Å². The molecule has 0 atom stereocenters. The first-order valence-electron chi connectivity index (χ1n) is 9.51. The van der Waals surface area contributed by atoms with E-state index in [9.17, 15) is 13.2 Å². The van der Waals surface area contributed by atoms with E-state index in [4.69, 9.17) is 23.2 Å². The third kappa shape index (κ3) is 5.22. The van der Waals surface area contributed by atoms with Gasteiger partial charge in [-0.2, -0.15) is 13.5 Å². The van der Waals surface area contributed by atoms with Crippen LogP contribution in [0.25, 0.3) is 0 Å². The number of carbonyl (C=O) groups excluding carboxylic acids is 1. The highest BCUT2D eigenvalue weighted by Crippen LogP contribution is 2.25. The molecule has 1 aliphatic heterocycles. The fourth-order valence-electron chi connectivity index (χ4n) is 3.07. The summed E-state index contributed by atoms with van der Waals surface area (Å²) >= 11 is 12.2. The maximum Gasteiger partial charge on any atom is 0.262 e. The van der Waals surface area contributed by atoms with Crippen LogP contribution in [0.4, 0.5) is 0 Å². The zero-order valence-corrected chi connectivity index (χ0v) is 18.7. The summed E-state index contributed by atoms with van der Waals surface area (Å²) in [5, 5.41) is 6.59. The summed E-state index contributed by atoms with van der Waals surface area (Å²) in [6.45, 7) is 2.36. The van der Waals surface area contributed by atoms with Crippen LogP contribution in [0.3, 0.4) is 0 Å². The highest BCUT2D eigenvalue weighted by Gasteiger charge is 2.31. The van der Waals surface area contributed by atoms with E-state index in [-0.39, 0.29) is 23.9 Å². The summed E-state index contributed by atoms with van der Waals surface area (Å²) in [6.07, 6.45) is 1.83. The first-order chi connectivity index (χ1) is 14.4. The lowest BCUT2D eigenvalue weighted by molar-refractivity contribution is -0.132. The summed E-state index contributed by atoms with van der Waals surface area (Å²) in [5.74, 6) is 0.0858. The largest absolute Gasteiger partial charge is 0.305 e. The molecule has 2 aromatic carbocycles. The van der Waals surface area contributed by atoms with Gasteiger partial charge in [0, 0.05) is 18.5 Å². The molecule has 0 saturated heterocycles. The fraction of sp³-hybridized carbons (Fsp3) is 0.286. The second-order valence-electron chi connectivity index (χ2n) is 6.80. The molecule has 6 nitrogen and oxygen atoms in total. The highest BCUT2D eigenvalue weighted by molar-refractivity contribution is 7.72. The van der Waals surface area contributed by atoms with Crippen molar-refractivity contribution in [1.29, 1.82) is 0 Å². The molecular formula is C21H21Cl2N3O3S. The average molecular weight is 466 g/mol. The summed E-state index contributed by atoms with van der Waals surface area (Å²) < 4.78 is 24.3. The van der Waals surface area contributed by atoms with Crippen LogP contribution in [-0.4, -0.2) is 48.1 Å². The molecule has 0 aromatic heterocycles. The van der Waals surface area contributed by atoms with Gasteiger partial charge in [0.2, 0.25) is 10.3 Å². The van der Waals surface area contributed by atoms with Gasteiger partial charge in [-0.1, -0.05) is 66.9 Å². The molecule has 30 heavy (non-hydrogen) atoms. The van der Waals surface area contributed by atoms with Gasteiger partial charge in [0.25, 0.3) is 5.91 Å². The van der Waals surface area contributed by atoms with Crippen molar-refractivity contribution in [3.05, 3.63) is 69.7 Å². The number of nitrogens with zero attached hydrogens (tertiary/aromatic N) is 3. The Balaban J connectivity index is 2.08. The van der Waals surface area contributed by atoms with E-state index in [0.717, 1.165) is 18.4 Å². The van der Waals surface area contributed by atoms with E-state index >= 15 is 0 Å². The summed E-state index contributed by atoms with van der Waals surface area (Å²) in [5.41, 5.74) is 1.39. The van der Waals surface area contributed by atoms with E-state index in [0.29, 0.717) is 28.0 Å². The van der Waals surface area contributed by atoms with Crippen LogP contribution in [0.1, 0.15) is 30.9 Å². The minimum Gasteiger partial charge on any atom is -0.305 e. The molecule has 1 aliphatic rings. The number of hydrogen-bond acceptors (Lipinski definition) is 4. The lowest BCUT2D eigenvalue weighted by atomic mass is 10.1. The zero-order valence-electron chi connectivity index (χ0n) is 16.4. The lowest BCUT2D eigenvalue weighted by Crippen LogP contribution is -2.51. The van der Waals surface area contributed by atoms with Crippen molar-refractivity contribution >= 4 is 50.2 Å². The van der Waals surface area contributed by atoms with Crippen LogP contribution in [-0.2, 0) is 21.5 Å². The Hall–Kier alpha value is -2.35. The topological polar surface area (TPSA) is 70.0 Å². The number of amidine groups is 1. The molecule has 2 aromatic rings. The van der Waals surface area contributed by atoms with Crippen molar-refractivity contribution < 1.29 is 13.2 Å². The van der Waals surface area contributed by atoms with E-state index in [2.05, 4.69) is 5.10 Å². The Labute approximate surface area is 187 Å². The second-order valence-corrected chi connectivity index (χ2v) is 8.55. The lowest BCUT2D eigenvalue weighted by Gasteiger charge is -2.33. The fourth-order valence-corrected chi connectivity index (χ4v) is 3.98. The third-order valence-electron chi connectivity index (χ3n) is 4.65. The number of unbranched alkanes of at least 4 members (excludes halogenated alkanes) is 1. The maximum absolute atomic E-state index is 12.7. The molecule has 0 N–H and O–H groups in total. The van der Waals surface area contributed by atoms with Crippen LogP contribution in [0.5, 0.6) is 0 Å². The quantitative estimate of drug-likeness (QED) is 0.607. The number of hydrazone groups is 1. The number of rotatable bonds is 6. The zero-order chi connectivity index (χ0) is 21.7. The van der Waals surface area contributed by atoms with Crippen molar-refractivity contribution in [3.8, 4) is 0 Å². The molecule has 0 bridgehead atoms. The molecule has 0 unspecified atom stereocenters. The van der Waals surface area contributed by atoms with Gasteiger partial charge >= 0.3 is 0 Å². The van der Waals surface area contributed by atoms with Crippen molar-refractivity contribution in [2.45, 2.75) is 26.2 Å². The number of amides is 1. The van der Waals surface area contributed by atoms with Crippen LogP contribution in [0.15, 0.2) is 53.6 Å². The van der Waals surface area contributed by atoms with Gasteiger partial charge in [-0.3, -0.25) is 4.79 Å². The molecule has 0 saturated carbocycles. The van der Waals surface area contributed by atoms with Gasteiger partial charge in [0.1, 0.15) is 11.5 Å². The summed E-state index contributed by atoms with van der Waals surface area (Å²) in [6, 6.07) is 14.2. The van der Waals surface area contributed by atoms with E-state index in [1.54, 1.807) is 18.2 Å². The minimum atomic E-state index is -2.56. The van der Waals surface area contributed by atoms with Gasteiger partial charge in [0.15, 0.2) is 5.84 Å². The molecule has 1 amide bonds. The Morgan fingerprint density at radius 2 is 1.83 bits per heavy atom. The monoisotopic (exact) mass is 465 g/mol. The number of halogens is 2. The predicted molar refractivity (Wildman–Crippen MR) is 120 cm³/mol. The van der Waals surface area contributed by atoms with Crippen molar-refractivity contribution in [1.82, 2.24) is 9.91 Å². The third-order valence-corrected chi connectivity index (χ3v) is 6.13. The minimum absolute atomic E-state index is 0.0644. The molecule has 158 valence electrons. The van der Waals surface area contributed by atoms with Crippen molar-refractivity contribution in [2.24, 2.45) is 5.10 Å². The molecular weight excluding hydrogens is 445 g/mol. The van der Waals surface area contributed by atoms with E-state index in [1.165, 1.54) is 9.91 Å². The number of benzene rings is 2. The number of carbonyl (C=O) groups is 1. The highest BCUT2D eigenvalue weighted by atomic mass is 35.5. The van der Waals surface area contributed by atoms with Gasteiger partial charge in [-0.25, -0.2) is 5.01 Å². The van der Waals surface area contributed by atoms with E-state index < -0.39 is 10.3 Å². The first-order valence-corrected chi connectivity index (χ1v) is 11.3. The first kappa shape index (κ1) is 22.3. The van der Waals surface area contributed by atoms with Crippen LogP contribution < -0.4 is 0 Å². The summed E-state index contributed by atoms with van der Waals surface area (Å²) in [7, 11) is -2.56. The van der Waals surface area contributed by atoms with Crippen LogP contribution in [0, 0.1) is 0 Å². The second kappa shape index (κ2) is 10.1. The van der Waals surface area contributed by atoms with Crippen molar-refractivity contribution in [2.75, 3.05) is 13.1 Å². The van der Waals surface area contributed by atoms with Gasteiger partial charge < -0.3 is 4.90 Å². The molecule has 0 spiro atoms. The molecule has 9 heteroatoms. The van der Waals surface area contributed by atoms with Gasteiger partial charge in [-0.05, 0) is 30.2 Å². The maximum atomic E-state index is 12.7. The Morgan fingerprint density at radius 3 is 2.47 bits per heavy atom. The SMILES string of the molecule is CCCCN1N=C(c2ccc(Cl)c(Cl)c2)N(C(Cc2ccccc2)=S(=O)=O)CC1=O. The predicted octanol–water partition coefficient (Wildman–Crippen LogP) is 3.85. The van der Waals surface area contributed by atoms with Gasteiger partial charge in [0.05, 0.1) is 10.0 Å². The molecule has 3 rings (SSSR count). The van der Waals surface area contributed by atoms with Gasteiger partial charge in [-0.15, -0.1) is 0 Å². The average Bonchev–Trinajstić information content (AvgIpc) is 2.73. The Kier molecular flexibility index (Phi) is 7.53. The molecule has 1 heterocycles. The standard InChI is InChI=1S/C21H21Cl2N3O3S/c1-2-3-11-26-19(27)14-25(20(30(28)29)12-15-7-5-4-6-8-15)21(24-26)16-9-10-17(22)18(23)13-16/h4-10,13H,2-3,11-12,14H2,1H3. The molecule has 0 radical (unpaired) electrons. The Bertz CT molecular complexity index is 1090. The summed E-state index contributed by atoms with van der Waals surface area (Å²) in [4.78, 5) is 14.2. The Morgan fingerprint density at radius 1 is 1.10 bits per heavy atom. The van der Waals surface area contributed by atoms with Crippen molar-refractivity contribution in [3.63, 3.8) is 0 Å². The normalized spacial score (nSPS) is 14.0. The molecule has 0 fully saturated rings. The van der Waals surface area contributed by atoms with Crippen LogP contribution >= 0.6 is 23.2 Å². The molecule has 0 aliphatic carbocycles. The smallest absolute Gasteiger partial charge is 0.262 e. The van der Waals surface area contributed by atoms with Crippen LogP contribution in [0.2, 0.25) is 10.0 Å².